The molecule has 0 radical (unpaired) electrons. The van der Waals surface area contributed by atoms with Crippen LogP contribution in [0.2, 0.25) is 5.15 Å². The molecule has 0 aliphatic carbocycles. The van der Waals surface area contributed by atoms with Gasteiger partial charge >= 0.3 is 0 Å². The Bertz CT molecular complexity index is 316. The summed E-state index contributed by atoms with van der Waals surface area (Å²) in [5.74, 6) is 1.00. The van der Waals surface area contributed by atoms with Crippen molar-refractivity contribution in [3.63, 3.8) is 0 Å². The highest BCUT2D eigenvalue weighted by Crippen LogP contribution is 2.24. The standard InChI is InChI=1S/C11H17ClN2O/c1-5-15-6-9-13-8(4)10(7(2)3)11(12)14-9/h7H,5-6H2,1-4H3. The summed E-state index contributed by atoms with van der Waals surface area (Å²) in [5.41, 5.74) is 1.97. The smallest absolute Gasteiger partial charge is 0.155 e. The van der Waals surface area contributed by atoms with Crippen LogP contribution in [0.3, 0.4) is 0 Å². The Hall–Kier alpha value is -0.670. The summed E-state index contributed by atoms with van der Waals surface area (Å²) in [5, 5.41) is 0.548. The van der Waals surface area contributed by atoms with E-state index in [1.54, 1.807) is 0 Å². The van der Waals surface area contributed by atoms with Crippen LogP contribution in [0.5, 0.6) is 0 Å². The van der Waals surface area contributed by atoms with E-state index in [-0.39, 0.29) is 0 Å². The van der Waals surface area contributed by atoms with Crippen LogP contribution >= 0.6 is 11.6 Å². The molecule has 0 aromatic carbocycles. The summed E-state index contributed by atoms with van der Waals surface area (Å²) in [6.07, 6.45) is 0. The first-order chi connectivity index (χ1) is 7.06. The van der Waals surface area contributed by atoms with Crippen molar-refractivity contribution >= 4 is 11.6 Å². The lowest BCUT2D eigenvalue weighted by Crippen LogP contribution is -2.06. The van der Waals surface area contributed by atoms with E-state index in [0.717, 1.165) is 11.3 Å². The van der Waals surface area contributed by atoms with Crippen molar-refractivity contribution in [2.24, 2.45) is 0 Å². The summed E-state index contributed by atoms with van der Waals surface area (Å²) in [7, 11) is 0. The predicted octanol–water partition coefficient (Wildman–Crippen LogP) is 3.10. The Morgan fingerprint density at radius 1 is 1.33 bits per heavy atom. The van der Waals surface area contributed by atoms with E-state index in [2.05, 4.69) is 23.8 Å². The second-order valence-electron chi connectivity index (χ2n) is 3.72. The highest BCUT2D eigenvalue weighted by Gasteiger charge is 2.12. The second kappa shape index (κ2) is 5.42. The molecule has 4 heteroatoms. The van der Waals surface area contributed by atoms with Gasteiger partial charge in [-0.3, -0.25) is 0 Å². The lowest BCUT2D eigenvalue weighted by Gasteiger charge is -2.12. The van der Waals surface area contributed by atoms with Crippen molar-refractivity contribution < 1.29 is 4.74 Å². The maximum atomic E-state index is 6.10. The van der Waals surface area contributed by atoms with Gasteiger partial charge in [0.05, 0.1) is 0 Å². The second-order valence-corrected chi connectivity index (χ2v) is 4.08. The third-order valence-corrected chi connectivity index (χ3v) is 2.44. The van der Waals surface area contributed by atoms with Gasteiger partial charge in [0.15, 0.2) is 5.82 Å². The van der Waals surface area contributed by atoms with Crippen molar-refractivity contribution in [1.82, 2.24) is 9.97 Å². The Morgan fingerprint density at radius 3 is 2.47 bits per heavy atom. The fraction of sp³-hybridized carbons (Fsp3) is 0.636. The van der Waals surface area contributed by atoms with E-state index in [4.69, 9.17) is 16.3 Å². The minimum atomic E-state index is 0.346. The van der Waals surface area contributed by atoms with Crippen LogP contribution in [-0.4, -0.2) is 16.6 Å². The average Bonchev–Trinajstić information content (AvgIpc) is 2.12. The molecule has 15 heavy (non-hydrogen) atoms. The Balaban J connectivity index is 2.97. The first-order valence-electron chi connectivity index (χ1n) is 5.16. The lowest BCUT2D eigenvalue weighted by molar-refractivity contribution is 0.128. The molecule has 0 bridgehead atoms. The molecule has 1 aromatic heterocycles. The monoisotopic (exact) mass is 228 g/mol. The van der Waals surface area contributed by atoms with Gasteiger partial charge in [0.1, 0.15) is 11.8 Å². The molecular weight excluding hydrogens is 212 g/mol. The minimum absolute atomic E-state index is 0.346. The van der Waals surface area contributed by atoms with E-state index in [9.17, 15) is 0 Å². The number of hydrogen-bond acceptors (Lipinski definition) is 3. The van der Waals surface area contributed by atoms with Crippen molar-refractivity contribution in [1.29, 1.82) is 0 Å². The number of rotatable bonds is 4. The summed E-state index contributed by atoms with van der Waals surface area (Å²) in [6.45, 7) is 9.15. The number of ether oxygens (including phenoxy) is 1. The zero-order valence-electron chi connectivity index (χ0n) is 9.67. The average molecular weight is 229 g/mol. The predicted molar refractivity (Wildman–Crippen MR) is 61.2 cm³/mol. The molecule has 0 aliphatic rings. The van der Waals surface area contributed by atoms with Crippen molar-refractivity contribution in [2.75, 3.05) is 6.61 Å². The van der Waals surface area contributed by atoms with Crippen LogP contribution < -0.4 is 0 Å². The first kappa shape index (κ1) is 12.4. The zero-order chi connectivity index (χ0) is 11.4. The van der Waals surface area contributed by atoms with Crippen LogP contribution in [0.15, 0.2) is 0 Å². The number of hydrogen-bond donors (Lipinski definition) is 0. The number of halogens is 1. The van der Waals surface area contributed by atoms with Gasteiger partial charge in [0.2, 0.25) is 0 Å². The molecule has 0 fully saturated rings. The molecular formula is C11H17ClN2O. The van der Waals surface area contributed by atoms with Crippen molar-refractivity contribution in [3.8, 4) is 0 Å². The quantitative estimate of drug-likeness (QED) is 0.743. The highest BCUT2D eigenvalue weighted by atomic mass is 35.5. The van der Waals surface area contributed by atoms with Crippen LogP contribution in [-0.2, 0) is 11.3 Å². The van der Waals surface area contributed by atoms with Crippen LogP contribution in [0.25, 0.3) is 0 Å². The van der Waals surface area contributed by atoms with Gasteiger partial charge in [-0.25, -0.2) is 9.97 Å². The Morgan fingerprint density at radius 2 is 2.00 bits per heavy atom. The molecule has 0 spiro atoms. The summed E-state index contributed by atoms with van der Waals surface area (Å²) < 4.78 is 5.25. The maximum absolute atomic E-state index is 6.10. The fourth-order valence-corrected chi connectivity index (χ4v) is 1.97. The van der Waals surface area contributed by atoms with Gasteiger partial charge in [0, 0.05) is 17.9 Å². The van der Waals surface area contributed by atoms with Crippen molar-refractivity contribution in [2.45, 2.75) is 40.2 Å². The molecule has 1 rings (SSSR count). The number of nitrogens with zero attached hydrogens (tertiary/aromatic N) is 2. The van der Waals surface area contributed by atoms with E-state index in [1.165, 1.54) is 0 Å². The number of aromatic nitrogens is 2. The normalized spacial score (nSPS) is 11.1. The minimum Gasteiger partial charge on any atom is -0.374 e. The zero-order valence-corrected chi connectivity index (χ0v) is 10.4. The molecule has 3 nitrogen and oxygen atoms in total. The van der Waals surface area contributed by atoms with Gasteiger partial charge in [-0.2, -0.15) is 0 Å². The van der Waals surface area contributed by atoms with E-state index in [0.29, 0.717) is 30.1 Å². The SMILES string of the molecule is CCOCc1nc(C)c(C(C)C)c(Cl)n1. The highest BCUT2D eigenvalue weighted by molar-refractivity contribution is 6.30. The third kappa shape index (κ3) is 3.14. The Labute approximate surface area is 95.8 Å². The fourth-order valence-electron chi connectivity index (χ4n) is 1.52. The molecule has 0 atom stereocenters. The molecule has 1 heterocycles. The van der Waals surface area contributed by atoms with Crippen molar-refractivity contribution in [3.05, 3.63) is 22.2 Å². The molecule has 0 saturated heterocycles. The largest absolute Gasteiger partial charge is 0.374 e. The first-order valence-corrected chi connectivity index (χ1v) is 5.54. The summed E-state index contributed by atoms with van der Waals surface area (Å²) in [4.78, 5) is 8.59. The van der Waals surface area contributed by atoms with E-state index >= 15 is 0 Å². The summed E-state index contributed by atoms with van der Waals surface area (Å²) in [6, 6.07) is 0. The molecule has 0 aliphatic heterocycles. The molecule has 0 saturated carbocycles. The van der Waals surface area contributed by atoms with Gasteiger partial charge in [-0.1, -0.05) is 25.4 Å². The molecule has 0 N–H and O–H groups in total. The van der Waals surface area contributed by atoms with Crippen LogP contribution in [0.1, 0.15) is 43.8 Å². The summed E-state index contributed by atoms with van der Waals surface area (Å²) >= 11 is 6.10. The molecule has 84 valence electrons. The number of aryl methyl sites for hydroxylation is 1. The van der Waals surface area contributed by atoms with Gasteiger partial charge < -0.3 is 4.74 Å². The molecule has 0 unspecified atom stereocenters. The topological polar surface area (TPSA) is 35.0 Å². The molecule has 0 amide bonds. The van der Waals surface area contributed by atoms with Gasteiger partial charge in [-0.15, -0.1) is 0 Å². The third-order valence-electron chi connectivity index (χ3n) is 2.15. The van der Waals surface area contributed by atoms with Gasteiger partial charge in [0.25, 0.3) is 0 Å². The van der Waals surface area contributed by atoms with E-state index < -0.39 is 0 Å². The van der Waals surface area contributed by atoms with E-state index in [1.807, 2.05) is 13.8 Å². The Kier molecular flexibility index (Phi) is 4.48. The maximum Gasteiger partial charge on any atom is 0.155 e. The van der Waals surface area contributed by atoms with Gasteiger partial charge in [-0.05, 0) is 19.8 Å². The van der Waals surface area contributed by atoms with Crippen LogP contribution in [0, 0.1) is 6.92 Å². The lowest BCUT2D eigenvalue weighted by atomic mass is 10.0. The molecule has 1 aromatic rings. The van der Waals surface area contributed by atoms with Crippen LogP contribution in [0.4, 0.5) is 0 Å².